The highest BCUT2D eigenvalue weighted by Crippen LogP contribution is 2.20. The SMILES string of the molecule is Cc1nn(C(C)C)c(C)c1CN1CCO[C@H](C(=O)O)C1. The maximum atomic E-state index is 11.0. The maximum absolute atomic E-state index is 11.0. The Hall–Kier alpha value is -1.40. The molecule has 2 heterocycles. The smallest absolute Gasteiger partial charge is 0.334 e. The first-order valence-corrected chi connectivity index (χ1v) is 7.01. The van der Waals surface area contributed by atoms with E-state index in [4.69, 9.17) is 9.84 Å². The molecule has 0 unspecified atom stereocenters. The van der Waals surface area contributed by atoms with Crippen LogP contribution in [0.3, 0.4) is 0 Å². The van der Waals surface area contributed by atoms with Crippen molar-refractivity contribution in [2.75, 3.05) is 19.7 Å². The summed E-state index contributed by atoms with van der Waals surface area (Å²) in [6.07, 6.45) is -0.718. The molecular weight excluding hydrogens is 258 g/mol. The first-order chi connectivity index (χ1) is 9.40. The van der Waals surface area contributed by atoms with Crippen LogP contribution in [0.15, 0.2) is 0 Å². The number of morpholine rings is 1. The lowest BCUT2D eigenvalue weighted by Crippen LogP contribution is -2.45. The summed E-state index contributed by atoms with van der Waals surface area (Å²) in [5.74, 6) is -0.888. The predicted octanol–water partition coefficient (Wildman–Crippen LogP) is 1.37. The highest BCUT2D eigenvalue weighted by molar-refractivity contribution is 5.72. The van der Waals surface area contributed by atoms with Crippen molar-refractivity contribution >= 4 is 5.97 Å². The molecule has 20 heavy (non-hydrogen) atoms. The third-order valence-electron chi connectivity index (χ3n) is 3.77. The van der Waals surface area contributed by atoms with E-state index in [-0.39, 0.29) is 0 Å². The van der Waals surface area contributed by atoms with Crippen LogP contribution in [-0.4, -0.2) is 51.6 Å². The number of aliphatic carboxylic acids is 1. The first-order valence-electron chi connectivity index (χ1n) is 7.01. The molecule has 1 aliphatic heterocycles. The van der Waals surface area contributed by atoms with Gasteiger partial charge in [0.25, 0.3) is 0 Å². The third-order valence-corrected chi connectivity index (χ3v) is 3.77. The van der Waals surface area contributed by atoms with Gasteiger partial charge in [-0.2, -0.15) is 5.10 Å². The number of carboxylic acid groups (broad SMARTS) is 1. The summed E-state index contributed by atoms with van der Waals surface area (Å²) in [6, 6.07) is 0.332. The lowest BCUT2D eigenvalue weighted by molar-refractivity contribution is -0.156. The number of rotatable bonds is 4. The molecule has 0 aliphatic carbocycles. The molecule has 2 rings (SSSR count). The molecule has 0 radical (unpaired) electrons. The van der Waals surface area contributed by atoms with Gasteiger partial charge in [0.1, 0.15) is 0 Å². The van der Waals surface area contributed by atoms with Crippen LogP contribution in [0.25, 0.3) is 0 Å². The van der Waals surface area contributed by atoms with Gasteiger partial charge in [0.2, 0.25) is 0 Å². The topological polar surface area (TPSA) is 67.6 Å². The van der Waals surface area contributed by atoms with Gasteiger partial charge in [-0.1, -0.05) is 0 Å². The van der Waals surface area contributed by atoms with E-state index in [9.17, 15) is 4.79 Å². The fourth-order valence-electron chi connectivity index (χ4n) is 2.65. The Morgan fingerprint density at radius 1 is 1.50 bits per heavy atom. The van der Waals surface area contributed by atoms with E-state index in [0.717, 1.165) is 24.5 Å². The Kier molecular flexibility index (Phi) is 4.45. The fourth-order valence-corrected chi connectivity index (χ4v) is 2.65. The third kappa shape index (κ3) is 3.02. The molecule has 112 valence electrons. The summed E-state index contributed by atoms with van der Waals surface area (Å²) < 4.78 is 7.28. The van der Waals surface area contributed by atoms with Gasteiger partial charge in [0.05, 0.1) is 12.3 Å². The van der Waals surface area contributed by atoms with Crippen molar-refractivity contribution < 1.29 is 14.6 Å². The van der Waals surface area contributed by atoms with Crippen LogP contribution in [0.5, 0.6) is 0 Å². The Balaban J connectivity index is 2.12. The van der Waals surface area contributed by atoms with E-state index in [2.05, 4.69) is 30.8 Å². The standard InChI is InChI=1S/C14H23N3O3/c1-9(2)17-11(4)12(10(3)15-17)7-16-5-6-20-13(8-16)14(18)19/h9,13H,5-8H2,1-4H3,(H,18,19)/t13-/m0/s1. The van der Waals surface area contributed by atoms with Gasteiger partial charge in [0, 0.05) is 36.9 Å². The average Bonchev–Trinajstić information content (AvgIpc) is 2.67. The Morgan fingerprint density at radius 3 is 2.75 bits per heavy atom. The normalized spacial score (nSPS) is 20.6. The van der Waals surface area contributed by atoms with Crippen LogP contribution in [0.1, 0.15) is 36.8 Å². The summed E-state index contributed by atoms with van der Waals surface area (Å²) >= 11 is 0. The molecule has 0 bridgehead atoms. The van der Waals surface area contributed by atoms with E-state index in [0.29, 0.717) is 19.2 Å². The number of hydrogen-bond acceptors (Lipinski definition) is 4. The van der Waals surface area contributed by atoms with Crippen molar-refractivity contribution in [3.63, 3.8) is 0 Å². The molecule has 0 aromatic carbocycles. The minimum atomic E-state index is -0.888. The summed E-state index contributed by atoms with van der Waals surface area (Å²) in [7, 11) is 0. The molecule has 0 amide bonds. The first kappa shape index (κ1) is 15.0. The second-order valence-electron chi connectivity index (χ2n) is 5.62. The molecule has 0 saturated carbocycles. The molecule has 6 nitrogen and oxygen atoms in total. The van der Waals surface area contributed by atoms with Gasteiger partial charge in [-0.3, -0.25) is 9.58 Å². The Labute approximate surface area is 119 Å². The van der Waals surface area contributed by atoms with Gasteiger partial charge in [-0.25, -0.2) is 4.79 Å². The van der Waals surface area contributed by atoms with Crippen LogP contribution in [0.4, 0.5) is 0 Å². The summed E-state index contributed by atoms with van der Waals surface area (Å²) in [6.45, 7) is 10.7. The van der Waals surface area contributed by atoms with Crippen molar-refractivity contribution in [1.29, 1.82) is 0 Å². The number of aryl methyl sites for hydroxylation is 1. The molecular formula is C14H23N3O3. The minimum Gasteiger partial charge on any atom is -0.479 e. The van der Waals surface area contributed by atoms with Crippen LogP contribution in [0, 0.1) is 13.8 Å². The second kappa shape index (κ2) is 5.93. The number of hydrogen-bond donors (Lipinski definition) is 1. The van der Waals surface area contributed by atoms with Crippen molar-refractivity contribution in [3.8, 4) is 0 Å². The van der Waals surface area contributed by atoms with Crippen LogP contribution in [0.2, 0.25) is 0 Å². The molecule has 0 spiro atoms. The maximum Gasteiger partial charge on any atom is 0.334 e. The van der Waals surface area contributed by atoms with Crippen molar-refractivity contribution in [2.45, 2.75) is 46.4 Å². The van der Waals surface area contributed by atoms with Gasteiger partial charge < -0.3 is 9.84 Å². The van der Waals surface area contributed by atoms with Crippen LogP contribution in [-0.2, 0) is 16.1 Å². The highest BCUT2D eigenvalue weighted by atomic mass is 16.5. The molecule has 1 atom stereocenters. The van der Waals surface area contributed by atoms with E-state index in [1.807, 2.05) is 11.6 Å². The number of carbonyl (C=O) groups is 1. The number of aromatic nitrogens is 2. The minimum absolute atomic E-state index is 0.332. The molecule has 1 aromatic rings. The number of ether oxygens (including phenoxy) is 1. The second-order valence-corrected chi connectivity index (χ2v) is 5.62. The largest absolute Gasteiger partial charge is 0.479 e. The average molecular weight is 281 g/mol. The van der Waals surface area contributed by atoms with Crippen molar-refractivity contribution in [3.05, 3.63) is 17.0 Å². The van der Waals surface area contributed by atoms with E-state index in [1.165, 1.54) is 5.56 Å². The van der Waals surface area contributed by atoms with Crippen molar-refractivity contribution in [2.24, 2.45) is 0 Å². The Bertz CT molecular complexity index is 496. The highest BCUT2D eigenvalue weighted by Gasteiger charge is 2.27. The molecule has 1 fully saturated rings. The van der Waals surface area contributed by atoms with Crippen molar-refractivity contribution in [1.82, 2.24) is 14.7 Å². The zero-order valence-electron chi connectivity index (χ0n) is 12.6. The summed E-state index contributed by atoms with van der Waals surface area (Å²) in [5, 5.41) is 13.6. The van der Waals surface area contributed by atoms with Crippen LogP contribution >= 0.6 is 0 Å². The predicted molar refractivity (Wildman–Crippen MR) is 74.7 cm³/mol. The van der Waals surface area contributed by atoms with Gasteiger partial charge in [-0.15, -0.1) is 0 Å². The van der Waals surface area contributed by atoms with Gasteiger partial charge in [-0.05, 0) is 27.7 Å². The van der Waals surface area contributed by atoms with E-state index >= 15 is 0 Å². The zero-order chi connectivity index (χ0) is 14.9. The lowest BCUT2D eigenvalue weighted by Gasteiger charge is -2.30. The Morgan fingerprint density at radius 2 is 2.20 bits per heavy atom. The number of carboxylic acids is 1. The van der Waals surface area contributed by atoms with E-state index in [1.54, 1.807) is 0 Å². The number of nitrogens with zero attached hydrogens (tertiary/aromatic N) is 3. The zero-order valence-corrected chi connectivity index (χ0v) is 12.6. The van der Waals surface area contributed by atoms with E-state index < -0.39 is 12.1 Å². The monoisotopic (exact) mass is 281 g/mol. The lowest BCUT2D eigenvalue weighted by atomic mass is 10.1. The fraction of sp³-hybridized carbons (Fsp3) is 0.714. The molecule has 1 saturated heterocycles. The molecule has 1 N–H and O–H groups in total. The molecule has 6 heteroatoms. The van der Waals surface area contributed by atoms with Gasteiger partial charge in [0.15, 0.2) is 6.10 Å². The summed E-state index contributed by atoms with van der Waals surface area (Å²) in [4.78, 5) is 13.1. The quantitative estimate of drug-likeness (QED) is 0.902. The van der Waals surface area contributed by atoms with Gasteiger partial charge >= 0.3 is 5.97 Å². The molecule has 1 aromatic heterocycles. The molecule has 1 aliphatic rings. The van der Waals surface area contributed by atoms with Crippen LogP contribution < -0.4 is 0 Å². The summed E-state index contributed by atoms with van der Waals surface area (Å²) in [5.41, 5.74) is 3.38.